The van der Waals surface area contributed by atoms with Crippen LogP contribution in [0, 0.1) is 6.92 Å². The maximum atomic E-state index is 12.0. The molecule has 20 heavy (non-hydrogen) atoms. The quantitative estimate of drug-likeness (QED) is 0.746. The number of pyridine rings is 1. The van der Waals surface area contributed by atoms with Gasteiger partial charge < -0.3 is 10.6 Å². The monoisotopic (exact) mass is 271 g/mol. The van der Waals surface area contributed by atoms with E-state index in [0.29, 0.717) is 29.9 Å². The summed E-state index contributed by atoms with van der Waals surface area (Å²) in [5.41, 5.74) is 2.90. The van der Waals surface area contributed by atoms with E-state index in [1.807, 2.05) is 0 Å². The molecule has 0 atom stereocenters. The number of carbonyl (C=O) groups is 2. The third-order valence-electron chi connectivity index (χ3n) is 3.18. The van der Waals surface area contributed by atoms with E-state index in [-0.39, 0.29) is 11.8 Å². The van der Waals surface area contributed by atoms with Crippen molar-refractivity contribution < 1.29 is 9.59 Å². The van der Waals surface area contributed by atoms with Crippen LogP contribution in [-0.2, 0) is 6.42 Å². The first-order valence-corrected chi connectivity index (χ1v) is 6.23. The summed E-state index contributed by atoms with van der Waals surface area (Å²) in [6, 6.07) is 1.64. The molecule has 0 fully saturated rings. The van der Waals surface area contributed by atoms with Gasteiger partial charge in [0.05, 0.1) is 29.3 Å². The van der Waals surface area contributed by atoms with Gasteiger partial charge in [-0.05, 0) is 18.6 Å². The summed E-state index contributed by atoms with van der Waals surface area (Å²) in [7, 11) is 0. The highest BCUT2D eigenvalue weighted by molar-refractivity contribution is 6.04. The highest BCUT2D eigenvalue weighted by Gasteiger charge is 2.19. The Morgan fingerprint density at radius 2 is 2.25 bits per heavy atom. The van der Waals surface area contributed by atoms with E-state index >= 15 is 0 Å². The van der Waals surface area contributed by atoms with Crippen molar-refractivity contribution >= 4 is 17.5 Å². The molecule has 2 amide bonds. The topological polar surface area (TPSA) is 99.8 Å². The molecule has 0 saturated carbocycles. The summed E-state index contributed by atoms with van der Waals surface area (Å²) >= 11 is 0. The number of hydrogen-bond donors (Lipinski definition) is 3. The lowest BCUT2D eigenvalue weighted by atomic mass is 10.1. The van der Waals surface area contributed by atoms with Gasteiger partial charge in [-0.1, -0.05) is 0 Å². The Morgan fingerprint density at radius 1 is 1.40 bits per heavy atom. The minimum Gasteiger partial charge on any atom is -0.352 e. The van der Waals surface area contributed by atoms with Crippen molar-refractivity contribution in [1.29, 1.82) is 0 Å². The maximum Gasteiger partial charge on any atom is 0.273 e. The van der Waals surface area contributed by atoms with Crippen LogP contribution in [-0.4, -0.2) is 33.5 Å². The van der Waals surface area contributed by atoms with Crippen LogP contribution < -0.4 is 10.6 Å². The van der Waals surface area contributed by atoms with Gasteiger partial charge in [-0.2, -0.15) is 5.10 Å². The van der Waals surface area contributed by atoms with Crippen molar-refractivity contribution in [2.75, 3.05) is 11.9 Å². The molecule has 0 spiro atoms. The van der Waals surface area contributed by atoms with Crippen LogP contribution in [0.2, 0.25) is 0 Å². The minimum absolute atomic E-state index is 0.160. The second-order valence-corrected chi connectivity index (χ2v) is 4.61. The molecule has 7 nitrogen and oxygen atoms in total. The number of H-pyrrole nitrogens is 1. The minimum atomic E-state index is -0.307. The van der Waals surface area contributed by atoms with E-state index in [2.05, 4.69) is 25.8 Å². The molecule has 7 heteroatoms. The maximum absolute atomic E-state index is 12.0. The summed E-state index contributed by atoms with van der Waals surface area (Å²) in [5, 5.41) is 11.9. The van der Waals surface area contributed by atoms with Crippen LogP contribution >= 0.6 is 0 Å². The van der Waals surface area contributed by atoms with E-state index < -0.39 is 0 Å². The van der Waals surface area contributed by atoms with Gasteiger partial charge >= 0.3 is 0 Å². The predicted molar refractivity (Wildman–Crippen MR) is 71.6 cm³/mol. The average molecular weight is 271 g/mol. The molecule has 0 bridgehead atoms. The zero-order valence-electron chi connectivity index (χ0n) is 10.9. The van der Waals surface area contributed by atoms with E-state index in [1.165, 1.54) is 0 Å². The smallest absolute Gasteiger partial charge is 0.273 e. The van der Waals surface area contributed by atoms with Crippen molar-refractivity contribution in [2.45, 2.75) is 13.3 Å². The number of rotatable bonds is 2. The lowest BCUT2D eigenvalue weighted by Gasteiger charge is -2.16. The molecule has 3 rings (SSSR count). The molecule has 2 aromatic heterocycles. The van der Waals surface area contributed by atoms with Gasteiger partial charge in [0.25, 0.3) is 11.8 Å². The number of hydrogen-bond acceptors (Lipinski definition) is 4. The van der Waals surface area contributed by atoms with Gasteiger partial charge in [-0.15, -0.1) is 0 Å². The third kappa shape index (κ3) is 2.13. The lowest BCUT2D eigenvalue weighted by Crippen LogP contribution is -2.32. The number of carbonyl (C=O) groups excluding carboxylic acids is 2. The number of nitrogens with zero attached hydrogens (tertiary/aromatic N) is 2. The molecule has 0 aromatic carbocycles. The largest absolute Gasteiger partial charge is 0.352 e. The Bertz CT molecular complexity index is 692. The fourth-order valence-corrected chi connectivity index (χ4v) is 2.12. The number of aromatic nitrogens is 3. The molecule has 3 N–H and O–H groups in total. The van der Waals surface area contributed by atoms with Crippen molar-refractivity contribution in [1.82, 2.24) is 20.5 Å². The van der Waals surface area contributed by atoms with Crippen LogP contribution in [0.15, 0.2) is 18.5 Å². The first kappa shape index (κ1) is 12.3. The summed E-state index contributed by atoms with van der Waals surface area (Å²) in [4.78, 5) is 28.0. The second kappa shape index (κ2) is 4.76. The zero-order chi connectivity index (χ0) is 14.1. The number of anilines is 1. The van der Waals surface area contributed by atoms with E-state index in [0.717, 1.165) is 11.3 Å². The number of amides is 2. The molecule has 2 aromatic rings. The van der Waals surface area contributed by atoms with Gasteiger partial charge in [0.2, 0.25) is 0 Å². The first-order valence-electron chi connectivity index (χ1n) is 6.23. The molecular weight excluding hydrogens is 258 g/mol. The van der Waals surface area contributed by atoms with Gasteiger partial charge in [0.1, 0.15) is 5.69 Å². The number of aryl methyl sites for hydroxylation is 1. The fourth-order valence-electron chi connectivity index (χ4n) is 2.12. The molecule has 1 aliphatic rings. The van der Waals surface area contributed by atoms with Crippen LogP contribution in [0.25, 0.3) is 0 Å². The molecule has 1 aliphatic heterocycles. The highest BCUT2D eigenvalue weighted by Crippen LogP contribution is 2.17. The van der Waals surface area contributed by atoms with Crippen molar-refractivity contribution in [2.24, 2.45) is 0 Å². The van der Waals surface area contributed by atoms with Crippen LogP contribution in [0.3, 0.4) is 0 Å². The molecule has 0 unspecified atom stereocenters. The Labute approximate surface area is 114 Å². The van der Waals surface area contributed by atoms with Gasteiger partial charge in [-0.3, -0.25) is 19.7 Å². The Morgan fingerprint density at radius 3 is 3.00 bits per heavy atom. The van der Waals surface area contributed by atoms with Gasteiger partial charge in [0, 0.05) is 13.0 Å². The normalized spacial score (nSPS) is 13.6. The second-order valence-electron chi connectivity index (χ2n) is 4.61. The first-order chi connectivity index (χ1) is 9.65. The van der Waals surface area contributed by atoms with Crippen molar-refractivity contribution in [3.63, 3.8) is 0 Å². The zero-order valence-corrected chi connectivity index (χ0v) is 10.9. The van der Waals surface area contributed by atoms with Gasteiger partial charge in [0.15, 0.2) is 0 Å². The standard InChI is InChI=1S/C13H13N5O2/c1-7-5-16-18-11(7)13(20)17-8-4-9-10(15-6-8)2-3-14-12(9)19/h4-6H,2-3H2,1H3,(H,14,19)(H,16,18)(H,17,20). The predicted octanol–water partition coefficient (Wildman–Crippen LogP) is 0.651. The summed E-state index contributed by atoms with van der Waals surface area (Å²) < 4.78 is 0. The summed E-state index contributed by atoms with van der Waals surface area (Å²) in [6.45, 7) is 2.38. The molecule has 102 valence electrons. The Balaban J connectivity index is 1.85. The molecule has 0 aliphatic carbocycles. The molecular formula is C13H13N5O2. The van der Waals surface area contributed by atoms with Gasteiger partial charge in [-0.25, -0.2) is 0 Å². The summed E-state index contributed by atoms with van der Waals surface area (Å²) in [5.74, 6) is -0.467. The van der Waals surface area contributed by atoms with Crippen LogP contribution in [0.4, 0.5) is 5.69 Å². The molecule has 0 radical (unpaired) electrons. The fraction of sp³-hybridized carbons (Fsp3) is 0.231. The van der Waals surface area contributed by atoms with Crippen molar-refractivity contribution in [3.8, 4) is 0 Å². The highest BCUT2D eigenvalue weighted by atomic mass is 16.2. The van der Waals surface area contributed by atoms with E-state index in [4.69, 9.17) is 0 Å². The SMILES string of the molecule is Cc1cn[nH]c1C(=O)Nc1cnc2c(c1)C(=O)NCC2. The lowest BCUT2D eigenvalue weighted by molar-refractivity contribution is 0.0943. The number of aromatic amines is 1. The van der Waals surface area contributed by atoms with Crippen LogP contribution in [0.1, 0.15) is 32.1 Å². The third-order valence-corrected chi connectivity index (χ3v) is 3.18. The average Bonchev–Trinajstić information content (AvgIpc) is 2.86. The number of fused-ring (bicyclic) bond motifs is 1. The Hall–Kier alpha value is -2.70. The molecule has 0 saturated heterocycles. The molecule has 3 heterocycles. The van der Waals surface area contributed by atoms with Crippen LogP contribution in [0.5, 0.6) is 0 Å². The van der Waals surface area contributed by atoms with E-state index in [9.17, 15) is 9.59 Å². The Kier molecular flexibility index (Phi) is 2.94. The van der Waals surface area contributed by atoms with Crippen molar-refractivity contribution in [3.05, 3.63) is 41.0 Å². The van der Waals surface area contributed by atoms with E-state index in [1.54, 1.807) is 25.4 Å². The summed E-state index contributed by atoms with van der Waals surface area (Å²) in [6.07, 6.45) is 3.84. The number of nitrogens with one attached hydrogen (secondary N) is 3.